The molecule has 0 bridgehead atoms. The van der Waals surface area contributed by atoms with Gasteiger partial charge in [0.05, 0.1) is 12.6 Å². The number of benzene rings is 1. The summed E-state index contributed by atoms with van der Waals surface area (Å²) in [6, 6.07) is 10.6. The van der Waals surface area contributed by atoms with Gasteiger partial charge in [-0.2, -0.15) is 0 Å². The average molecular weight is 207 g/mol. The minimum absolute atomic E-state index is 0.0627. The molecule has 84 valence electrons. The Bertz CT molecular complexity index is 260. The summed E-state index contributed by atoms with van der Waals surface area (Å²) in [5.74, 6) is 0. The van der Waals surface area contributed by atoms with Gasteiger partial charge in [0.2, 0.25) is 0 Å². The van der Waals surface area contributed by atoms with E-state index in [-0.39, 0.29) is 12.6 Å². The van der Waals surface area contributed by atoms with E-state index in [2.05, 4.69) is 19.2 Å². The Morgan fingerprint density at radius 2 is 1.93 bits per heavy atom. The van der Waals surface area contributed by atoms with Crippen molar-refractivity contribution in [3.8, 4) is 0 Å². The van der Waals surface area contributed by atoms with Gasteiger partial charge in [0, 0.05) is 6.04 Å². The number of hydrogen-bond acceptors (Lipinski definition) is 2. The zero-order valence-corrected chi connectivity index (χ0v) is 9.61. The van der Waals surface area contributed by atoms with Crippen LogP contribution in [0.2, 0.25) is 0 Å². The van der Waals surface area contributed by atoms with E-state index < -0.39 is 0 Å². The molecule has 0 aliphatic carbocycles. The monoisotopic (exact) mass is 207 g/mol. The van der Waals surface area contributed by atoms with Gasteiger partial charge in [0.15, 0.2) is 0 Å². The second kappa shape index (κ2) is 6.59. The van der Waals surface area contributed by atoms with Crippen molar-refractivity contribution in [2.24, 2.45) is 0 Å². The van der Waals surface area contributed by atoms with Crippen molar-refractivity contribution < 1.29 is 5.11 Å². The number of hydrogen-bond donors (Lipinski definition) is 2. The van der Waals surface area contributed by atoms with E-state index in [0.29, 0.717) is 6.04 Å². The van der Waals surface area contributed by atoms with Gasteiger partial charge in [0.1, 0.15) is 0 Å². The average Bonchev–Trinajstić information content (AvgIpc) is 2.27. The highest BCUT2D eigenvalue weighted by atomic mass is 16.3. The van der Waals surface area contributed by atoms with Crippen LogP contribution in [0.15, 0.2) is 30.3 Å². The highest BCUT2D eigenvalue weighted by molar-refractivity contribution is 5.18. The van der Waals surface area contributed by atoms with Crippen LogP contribution >= 0.6 is 0 Å². The molecule has 0 saturated heterocycles. The molecule has 0 aliphatic rings. The van der Waals surface area contributed by atoms with Gasteiger partial charge in [-0.15, -0.1) is 0 Å². The highest BCUT2D eigenvalue weighted by Crippen LogP contribution is 2.13. The molecule has 1 aromatic rings. The van der Waals surface area contributed by atoms with Crippen LogP contribution in [0, 0.1) is 0 Å². The Balaban J connectivity index is 2.56. The van der Waals surface area contributed by atoms with Gasteiger partial charge < -0.3 is 10.4 Å². The van der Waals surface area contributed by atoms with Crippen molar-refractivity contribution in [1.82, 2.24) is 5.32 Å². The van der Waals surface area contributed by atoms with Crippen LogP contribution in [0.4, 0.5) is 0 Å². The predicted molar refractivity (Wildman–Crippen MR) is 63.8 cm³/mol. The molecule has 0 heterocycles. The Hall–Kier alpha value is -0.860. The third kappa shape index (κ3) is 4.02. The summed E-state index contributed by atoms with van der Waals surface area (Å²) in [6.07, 6.45) is 2.31. The normalized spacial score (nSPS) is 14.9. The molecule has 0 fully saturated rings. The molecule has 0 amide bonds. The highest BCUT2D eigenvalue weighted by Gasteiger charge is 2.11. The molecule has 0 radical (unpaired) electrons. The van der Waals surface area contributed by atoms with E-state index in [9.17, 15) is 5.11 Å². The zero-order chi connectivity index (χ0) is 11.1. The minimum atomic E-state index is 0.0627. The quantitative estimate of drug-likeness (QED) is 0.751. The lowest BCUT2D eigenvalue weighted by Gasteiger charge is -2.21. The molecule has 2 heteroatoms. The van der Waals surface area contributed by atoms with Crippen molar-refractivity contribution in [1.29, 1.82) is 0 Å². The summed E-state index contributed by atoms with van der Waals surface area (Å²) < 4.78 is 0. The Kier molecular flexibility index (Phi) is 5.37. The van der Waals surface area contributed by atoms with Crippen molar-refractivity contribution in [2.75, 3.05) is 6.61 Å². The van der Waals surface area contributed by atoms with Crippen LogP contribution < -0.4 is 5.32 Å². The maximum Gasteiger partial charge on any atom is 0.0626 e. The number of aliphatic hydroxyl groups excluding tert-OH is 1. The van der Waals surface area contributed by atoms with Crippen LogP contribution in [0.25, 0.3) is 0 Å². The zero-order valence-electron chi connectivity index (χ0n) is 9.61. The molecular formula is C13H21NO. The van der Waals surface area contributed by atoms with Crippen LogP contribution in [-0.4, -0.2) is 17.8 Å². The molecule has 15 heavy (non-hydrogen) atoms. The van der Waals surface area contributed by atoms with E-state index in [4.69, 9.17) is 0 Å². The molecular weight excluding hydrogens is 186 g/mol. The largest absolute Gasteiger partial charge is 0.394 e. The molecule has 0 saturated carbocycles. The second-order valence-corrected chi connectivity index (χ2v) is 4.00. The summed E-state index contributed by atoms with van der Waals surface area (Å²) in [4.78, 5) is 0. The summed E-state index contributed by atoms with van der Waals surface area (Å²) in [5, 5.41) is 12.8. The summed E-state index contributed by atoms with van der Waals surface area (Å²) in [5.41, 5.74) is 1.16. The number of nitrogens with one attached hydrogen (secondary N) is 1. The summed E-state index contributed by atoms with van der Waals surface area (Å²) >= 11 is 0. The maximum absolute atomic E-state index is 9.33. The first kappa shape index (κ1) is 12.2. The first-order valence-corrected chi connectivity index (χ1v) is 5.69. The Labute approximate surface area is 92.3 Å². The third-order valence-corrected chi connectivity index (χ3v) is 2.59. The van der Waals surface area contributed by atoms with Crippen LogP contribution in [0.5, 0.6) is 0 Å². The van der Waals surface area contributed by atoms with E-state index >= 15 is 0 Å². The first-order valence-electron chi connectivity index (χ1n) is 5.69. The second-order valence-electron chi connectivity index (χ2n) is 4.00. The molecule has 1 aromatic carbocycles. The standard InChI is InChI=1S/C13H21NO/c1-3-7-11(2)14-13(10-15)12-8-5-4-6-9-12/h4-6,8-9,11,13-15H,3,7,10H2,1-2H3. The van der Waals surface area contributed by atoms with E-state index in [0.717, 1.165) is 12.0 Å². The van der Waals surface area contributed by atoms with E-state index in [1.54, 1.807) is 0 Å². The van der Waals surface area contributed by atoms with E-state index in [1.807, 2.05) is 30.3 Å². The molecule has 0 aromatic heterocycles. The van der Waals surface area contributed by atoms with Gasteiger partial charge in [0.25, 0.3) is 0 Å². The topological polar surface area (TPSA) is 32.3 Å². The van der Waals surface area contributed by atoms with Crippen LogP contribution in [0.1, 0.15) is 38.3 Å². The van der Waals surface area contributed by atoms with E-state index in [1.165, 1.54) is 6.42 Å². The van der Waals surface area contributed by atoms with Crippen molar-refractivity contribution >= 4 is 0 Å². The van der Waals surface area contributed by atoms with Crippen LogP contribution in [-0.2, 0) is 0 Å². The minimum Gasteiger partial charge on any atom is -0.394 e. The number of rotatable bonds is 6. The van der Waals surface area contributed by atoms with Crippen LogP contribution in [0.3, 0.4) is 0 Å². The van der Waals surface area contributed by atoms with Gasteiger partial charge in [-0.25, -0.2) is 0 Å². The molecule has 2 nitrogen and oxygen atoms in total. The fourth-order valence-corrected chi connectivity index (χ4v) is 1.80. The Morgan fingerprint density at radius 3 is 2.47 bits per heavy atom. The Morgan fingerprint density at radius 1 is 1.27 bits per heavy atom. The maximum atomic E-state index is 9.33. The molecule has 1 rings (SSSR count). The van der Waals surface area contributed by atoms with Gasteiger partial charge >= 0.3 is 0 Å². The molecule has 0 aliphatic heterocycles. The number of aliphatic hydroxyl groups is 1. The van der Waals surface area contributed by atoms with Crippen molar-refractivity contribution in [3.05, 3.63) is 35.9 Å². The van der Waals surface area contributed by atoms with Gasteiger partial charge in [-0.1, -0.05) is 43.7 Å². The van der Waals surface area contributed by atoms with Crippen molar-refractivity contribution in [3.63, 3.8) is 0 Å². The third-order valence-electron chi connectivity index (χ3n) is 2.59. The smallest absolute Gasteiger partial charge is 0.0626 e. The fourth-order valence-electron chi connectivity index (χ4n) is 1.80. The lowest BCUT2D eigenvalue weighted by molar-refractivity contribution is 0.233. The predicted octanol–water partition coefficient (Wildman–Crippen LogP) is 2.50. The summed E-state index contributed by atoms with van der Waals surface area (Å²) in [7, 11) is 0. The van der Waals surface area contributed by atoms with Gasteiger partial charge in [-0.05, 0) is 18.9 Å². The van der Waals surface area contributed by atoms with Crippen molar-refractivity contribution in [2.45, 2.75) is 38.8 Å². The molecule has 2 N–H and O–H groups in total. The SMILES string of the molecule is CCCC(C)NC(CO)c1ccccc1. The first-order chi connectivity index (χ1) is 7.27. The lowest BCUT2D eigenvalue weighted by atomic mass is 10.1. The summed E-state index contributed by atoms with van der Waals surface area (Å²) in [6.45, 7) is 4.49. The fraction of sp³-hybridized carbons (Fsp3) is 0.538. The van der Waals surface area contributed by atoms with Gasteiger partial charge in [-0.3, -0.25) is 0 Å². The molecule has 2 unspecified atom stereocenters. The lowest BCUT2D eigenvalue weighted by Crippen LogP contribution is -2.32. The molecule has 2 atom stereocenters. The molecule has 0 spiro atoms.